The Hall–Kier alpha value is -1.56. The molecular formula is C52H98O10. The molecule has 0 amide bonds. The molecule has 0 aliphatic carbocycles. The van der Waals surface area contributed by atoms with Crippen molar-refractivity contribution in [1.29, 1.82) is 0 Å². The van der Waals surface area contributed by atoms with Crippen molar-refractivity contribution in [2.75, 3.05) is 19.8 Å². The van der Waals surface area contributed by atoms with Gasteiger partial charge in [-0.15, -0.1) is 0 Å². The number of aliphatic hydroxyl groups is 4. The molecule has 1 heterocycles. The van der Waals surface area contributed by atoms with E-state index in [1.165, 1.54) is 180 Å². The molecule has 0 bridgehead atoms. The first-order chi connectivity index (χ1) is 30.3. The molecule has 1 aliphatic rings. The first-order valence-corrected chi connectivity index (χ1v) is 26.3. The largest absolute Gasteiger partial charge is 0.462 e. The Kier molecular flexibility index (Phi) is 40.9. The predicted molar refractivity (Wildman–Crippen MR) is 252 cm³/mol. The maximum absolute atomic E-state index is 12.8. The first-order valence-electron chi connectivity index (χ1n) is 26.3. The molecular weight excluding hydrogens is 785 g/mol. The molecule has 1 fully saturated rings. The van der Waals surface area contributed by atoms with Crippen LogP contribution in [0.1, 0.15) is 251 Å². The van der Waals surface area contributed by atoms with E-state index in [2.05, 4.69) is 26.0 Å². The van der Waals surface area contributed by atoms with Gasteiger partial charge in [-0.25, -0.2) is 0 Å². The van der Waals surface area contributed by atoms with Gasteiger partial charge in [0.25, 0.3) is 0 Å². The number of aliphatic hydroxyl groups excluding tert-OH is 4. The summed E-state index contributed by atoms with van der Waals surface area (Å²) in [4.78, 5) is 25.5. The van der Waals surface area contributed by atoms with Crippen molar-refractivity contribution in [3.8, 4) is 0 Å². The quantitative estimate of drug-likeness (QED) is 0.0264. The highest BCUT2D eigenvalue weighted by atomic mass is 16.7. The lowest BCUT2D eigenvalue weighted by atomic mass is 9.99. The summed E-state index contributed by atoms with van der Waals surface area (Å²) in [5, 5.41) is 40.2. The zero-order chi connectivity index (χ0) is 45.1. The number of carbonyl (C=O) groups excluding carboxylic acids is 2. The van der Waals surface area contributed by atoms with Gasteiger partial charge in [0, 0.05) is 12.8 Å². The van der Waals surface area contributed by atoms with Gasteiger partial charge in [-0.05, 0) is 38.5 Å². The number of hydrogen-bond donors (Lipinski definition) is 4. The minimum Gasteiger partial charge on any atom is -0.462 e. The molecule has 0 aromatic heterocycles. The van der Waals surface area contributed by atoms with Gasteiger partial charge in [-0.1, -0.05) is 212 Å². The molecule has 0 spiro atoms. The average molecular weight is 883 g/mol. The number of esters is 2. The molecule has 6 unspecified atom stereocenters. The Morgan fingerprint density at radius 2 is 0.855 bits per heavy atom. The molecule has 62 heavy (non-hydrogen) atoms. The smallest absolute Gasteiger partial charge is 0.306 e. The van der Waals surface area contributed by atoms with Crippen molar-refractivity contribution in [2.24, 2.45) is 0 Å². The SMILES string of the molecule is CCCCCCCC/C=C\CCCCCCCCCCCC(=O)OC(COC(=O)CCCCCCCCCCCCCCCCCCCC)COC1OC(CO)C(O)C(O)C1O. The standard InChI is InChI=1S/C52H98O10/c1-3-5-7-9-11-13-15-17-19-21-23-25-27-29-31-33-35-37-39-41-48(55)61-45(44-60-52-51(58)50(57)49(56)46(42-53)62-52)43-59-47(54)40-38-36-34-32-30-28-26-24-22-20-18-16-14-12-10-8-6-4-2/h17,19,45-46,49-53,56-58H,3-16,18,20-44H2,1-2H3/b19-17-. The summed E-state index contributed by atoms with van der Waals surface area (Å²) >= 11 is 0. The number of ether oxygens (including phenoxy) is 4. The fourth-order valence-corrected chi connectivity index (χ4v) is 8.24. The monoisotopic (exact) mass is 883 g/mol. The molecule has 366 valence electrons. The van der Waals surface area contributed by atoms with Crippen LogP contribution in [0.5, 0.6) is 0 Å². The van der Waals surface area contributed by atoms with Crippen molar-refractivity contribution in [3.63, 3.8) is 0 Å². The van der Waals surface area contributed by atoms with Crippen LogP contribution in [0, 0.1) is 0 Å². The van der Waals surface area contributed by atoms with Crippen molar-refractivity contribution < 1.29 is 49.0 Å². The van der Waals surface area contributed by atoms with E-state index in [1.807, 2.05) is 0 Å². The van der Waals surface area contributed by atoms with Gasteiger partial charge in [0.15, 0.2) is 12.4 Å². The molecule has 10 nitrogen and oxygen atoms in total. The van der Waals surface area contributed by atoms with E-state index in [0.717, 1.165) is 38.5 Å². The summed E-state index contributed by atoms with van der Waals surface area (Å²) in [5.41, 5.74) is 0. The zero-order valence-corrected chi connectivity index (χ0v) is 40.1. The third-order valence-corrected chi connectivity index (χ3v) is 12.4. The van der Waals surface area contributed by atoms with Crippen molar-refractivity contribution in [2.45, 2.75) is 288 Å². The Bertz CT molecular complexity index is 1020. The second-order valence-corrected chi connectivity index (χ2v) is 18.3. The second kappa shape index (κ2) is 43.3. The molecule has 1 rings (SSSR count). The number of unbranched alkanes of at least 4 members (excludes halogenated alkanes) is 32. The molecule has 6 atom stereocenters. The van der Waals surface area contributed by atoms with Crippen LogP contribution >= 0.6 is 0 Å². The van der Waals surface area contributed by atoms with Gasteiger partial charge in [0.2, 0.25) is 0 Å². The Balaban J connectivity index is 2.24. The third kappa shape index (κ3) is 33.9. The van der Waals surface area contributed by atoms with Crippen molar-refractivity contribution in [3.05, 3.63) is 12.2 Å². The van der Waals surface area contributed by atoms with Gasteiger partial charge >= 0.3 is 11.9 Å². The Morgan fingerprint density at radius 3 is 1.26 bits per heavy atom. The van der Waals surface area contributed by atoms with E-state index >= 15 is 0 Å². The van der Waals surface area contributed by atoms with Gasteiger partial charge < -0.3 is 39.4 Å². The lowest BCUT2D eigenvalue weighted by Crippen LogP contribution is -2.59. The van der Waals surface area contributed by atoms with Crippen LogP contribution in [0.2, 0.25) is 0 Å². The van der Waals surface area contributed by atoms with E-state index in [4.69, 9.17) is 18.9 Å². The van der Waals surface area contributed by atoms with E-state index in [0.29, 0.717) is 6.42 Å². The lowest BCUT2D eigenvalue weighted by Gasteiger charge is -2.39. The van der Waals surface area contributed by atoms with Crippen LogP contribution in [0.25, 0.3) is 0 Å². The Morgan fingerprint density at radius 1 is 0.484 bits per heavy atom. The van der Waals surface area contributed by atoms with Gasteiger partial charge in [0.05, 0.1) is 13.2 Å². The summed E-state index contributed by atoms with van der Waals surface area (Å²) in [6.07, 6.45) is 40.7. The summed E-state index contributed by atoms with van der Waals surface area (Å²) in [7, 11) is 0. The molecule has 1 saturated heterocycles. The van der Waals surface area contributed by atoms with Crippen LogP contribution in [0.4, 0.5) is 0 Å². The van der Waals surface area contributed by atoms with Crippen LogP contribution in [0.3, 0.4) is 0 Å². The number of rotatable bonds is 45. The van der Waals surface area contributed by atoms with Crippen LogP contribution < -0.4 is 0 Å². The first kappa shape index (κ1) is 58.5. The molecule has 10 heteroatoms. The van der Waals surface area contributed by atoms with E-state index in [9.17, 15) is 30.0 Å². The molecule has 0 radical (unpaired) electrons. The highest BCUT2D eigenvalue weighted by Crippen LogP contribution is 2.23. The third-order valence-electron chi connectivity index (χ3n) is 12.4. The summed E-state index contributed by atoms with van der Waals surface area (Å²) in [5.74, 6) is -0.793. The zero-order valence-electron chi connectivity index (χ0n) is 40.1. The number of carbonyl (C=O) groups is 2. The minimum atomic E-state index is -1.59. The molecule has 0 aromatic rings. The van der Waals surface area contributed by atoms with Gasteiger partial charge in [-0.2, -0.15) is 0 Å². The fraction of sp³-hybridized carbons (Fsp3) is 0.923. The number of allylic oxidation sites excluding steroid dienone is 2. The van der Waals surface area contributed by atoms with Crippen molar-refractivity contribution >= 4 is 11.9 Å². The van der Waals surface area contributed by atoms with E-state index in [-0.39, 0.29) is 32.0 Å². The normalized spacial score (nSPS) is 19.6. The highest BCUT2D eigenvalue weighted by Gasteiger charge is 2.44. The summed E-state index contributed by atoms with van der Waals surface area (Å²) < 4.78 is 22.3. The second-order valence-electron chi connectivity index (χ2n) is 18.3. The molecule has 1 aliphatic heterocycles. The molecule has 0 saturated carbocycles. The Labute approximate surface area is 380 Å². The van der Waals surface area contributed by atoms with Crippen LogP contribution in [-0.2, 0) is 28.5 Å². The summed E-state index contributed by atoms with van der Waals surface area (Å²) in [6.45, 7) is 3.47. The predicted octanol–water partition coefficient (Wildman–Crippen LogP) is 12.3. The number of hydrogen-bond acceptors (Lipinski definition) is 10. The van der Waals surface area contributed by atoms with Crippen molar-refractivity contribution in [1.82, 2.24) is 0 Å². The maximum atomic E-state index is 12.8. The van der Waals surface area contributed by atoms with Crippen LogP contribution in [-0.4, -0.2) is 89.0 Å². The van der Waals surface area contributed by atoms with E-state index < -0.39 is 49.4 Å². The average Bonchev–Trinajstić information content (AvgIpc) is 3.27. The lowest BCUT2D eigenvalue weighted by molar-refractivity contribution is -0.305. The highest BCUT2D eigenvalue weighted by molar-refractivity contribution is 5.70. The molecule has 0 aromatic carbocycles. The van der Waals surface area contributed by atoms with Crippen LogP contribution in [0.15, 0.2) is 12.2 Å². The van der Waals surface area contributed by atoms with Gasteiger partial charge in [0.1, 0.15) is 31.0 Å². The summed E-state index contributed by atoms with van der Waals surface area (Å²) in [6, 6.07) is 0. The molecule has 4 N–H and O–H groups in total. The fourth-order valence-electron chi connectivity index (χ4n) is 8.24. The minimum absolute atomic E-state index is 0.212. The maximum Gasteiger partial charge on any atom is 0.306 e. The van der Waals surface area contributed by atoms with Gasteiger partial charge in [-0.3, -0.25) is 9.59 Å². The topological polar surface area (TPSA) is 152 Å². The van der Waals surface area contributed by atoms with E-state index in [1.54, 1.807) is 0 Å².